The number of ketones is 1. The van der Waals surface area contributed by atoms with Crippen LogP contribution in [0.5, 0.6) is 17.2 Å². The minimum atomic E-state index is -0.662. The molecule has 0 amide bonds. The summed E-state index contributed by atoms with van der Waals surface area (Å²) in [6.45, 7) is 26.6. The first-order valence-electron chi connectivity index (χ1n) is 15.7. The second kappa shape index (κ2) is 14.7. The molecule has 0 aliphatic carbocycles. The van der Waals surface area contributed by atoms with Crippen molar-refractivity contribution in [3.05, 3.63) is 58.7 Å². The number of rotatable bonds is 11. The summed E-state index contributed by atoms with van der Waals surface area (Å²) in [4.78, 5) is 37.7. The zero-order chi connectivity index (χ0) is 35.3. The van der Waals surface area contributed by atoms with Gasteiger partial charge in [-0.1, -0.05) is 41.5 Å². The van der Waals surface area contributed by atoms with Crippen LogP contribution in [0, 0.1) is 10.8 Å². The molecule has 8 heteroatoms. The first kappa shape index (κ1) is 38.4. The van der Waals surface area contributed by atoms with Gasteiger partial charge in [0.25, 0.3) is 0 Å². The summed E-state index contributed by atoms with van der Waals surface area (Å²) in [6, 6.07) is 8.63. The van der Waals surface area contributed by atoms with Gasteiger partial charge >= 0.3 is 11.9 Å². The van der Waals surface area contributed by atoms with E-state index in [0.29, 0.717) is 22.8 Å². The Morgan fingerprint density at radius 3 is 1.63 bits per heavy atom. The first-order chi connectivity index (χ1) is 20.9. The number of allylic oxidation sites excluding steroid dienone is 1. The largest absolute Gasteiger partial charge is 0.490 e. The van der Waals surface area contributed by atoms with Gasteiger partial charge in [-0.15, -0.1) is 0 Å². The summed E-state index contributed by atoms with van der Waals surface area (Å²) >= 11 is 0. The van der Waals surface area contributed by atoms with Gasteiger partial charge in [-0.25, -0.2) is 0 Å². The minimum Gasteiger partial charge on any atom is -0.490 e. The van der Waals surface area contributed by atoms with Crippen LogP contribution in [-0.4, -0.2) is 37.4 Å². The fourth-order valence-electron chi connectivity index (χ4n) is 4.25. The molecule has 0 saturated heterocycles. The van der Waals surface area contributed by atoms with Gasteiger partial charge in [0, 0.05) is 22.3 Å². The zero-order valence-corrected chi connectivity index (χ0v) is 30.3. The maximum atomic E-state index is 13.3. The summed E-state index contributed by atoms with van der Waals surface area (Å²) in [7, 11) is 0. The van der Waals surface area contributed by atoms with Crippen molar-refractivity contribution in [1.82, 2.24) is 0 Å². The highest BCUT2D eigenvalue weighted by atomic mass is 16.7. The van der Waals surface area contributed by atoms with Gasteiger partial charge in [0.05, 0.1) is 16.9 Å². The summed E-state index contributed by atoms with van der Waals surface area (Å²) in [6.07, 6.45) is 3.13. The highest BCUT2D eigenvalue weighted by Gasteiger charge is 2.33. The second-order valence-electron chi connectivity index (χ2n) is 15.8. The van der Waals surface area contributed by atoms with E-state index in [9.17, 15) is 14.4 Å². The Morgan fingerprint density at radius 2 is 1.20 bits per heavy atom. The molecule has 2 rings (SSSR count). The molecule has 0 fully saturated rings. The van der Waals surface area contributed by atoms with E-state index < -0.39 is 16.2 Å². The molecular weight excluding hydrogens is 584 g/mol. The zero-order valence-electron chi connectivity index (χ0n) is 30.3. The van der Waals surface area contributed by atoms with E-state index in [1.807, 2.05) is 19.9 Å². The van der Waals surface area contributed by atoms with Crippen molar-refractivity contribution in [2.75, 3.05) is 13.6 Å². The molecule has 0 aromatic heterocycles. The highest BCUT2D eigenvalue weighted by Crippen LogP contribution is 2.47. The molecule has 0 unspecified atom stereocenters. The van der Waals surface area contributed by atoms with Crippen molar-refractivity contribution in [3.63, 3.8) is 0 Å². The Morgan fingerprint density at radius 1 is 0.696 bits per heavy atom. The summed E-state index contributed by atoms with van der Waals surface area (Å²) < 4.78 is 28.9. The smallest absolute Gasteiger partial charge is 0.314 e. The molecule has 46 heavy (non-hydrogen) atoms. The number of hydrogen-bond acceptors (Lipinski definition) is 8. The van der Waals surface area contributed by atoms with Crippen LogP contribution in [0.1, 0.15) is 124 Å². The van der Waals surface area contributed by atoms with E-state index in [2.05, 4.69) is 41.5 Å². The lowest BCUT2D eigenvalue weighted by Gasteiger charge is -2.33. The normalized spacial score (nSPS) is 12.7. The Labute approximate surface area is 275 Å². The molecule has 0 saturated carbocycles. The predicted octanol–water partition coefficient (Wildman–Crippen LogP) is 8.82. The van der Waals surface area contributed by atoms with Crippen LogP contribution in [-0.2, 0) is 29.9 Å². The predicted molar refractivity (Wildman–Crippen MR) is 181 cm³/mol. The number of benzene rings is 2. The van der Waals surface area contributed by atoms with Crippen LogP contribution in [0.15, 0.2) is 36.4 Å². The number of esters is 2. The van der Waals surface area contributed by atoms with Crippen LogP contribution in [0.2, 0.25) is 0 Å². The third-order valence-corrected chi connectivity index (χ3v) is 6.76. The number of hydrogen-bond donors (Lipinski definition) is 0. The molecule has 0 radical (unpaired) electrons. The van der Waals surface area contributed by atoms with Crippen LogP contribution < -0.4 is 14.2 Å². The van der Waals surface area contributed by atoms with Crippen molar-refractivity contribution in [3.8, 4) is 17.2 Å². The van der Waals surface area contributed by atoms with Gasteiger partial charge in [0.1, 0.15) is 17.2 Å². The Hall–Kier alpha value is -3.81. The fraction of sp³-hybridized carbons (Fsp3) is 0.553. The second-order valence-corrected chi connectivity index (χ2v) is 15.8. The van der Waals surface area contributed by atoms with Crippen LogP contribution >= 0.6 is 0 Å². The summed E-state index contributed by atoms with van der Waals surface area (Å²) in [5.41, 5.74) is 0.835. The van der Waals surface area contributed by atoms with Gasteiger partial charge in [-0.2, -0.15) is 0 Å². The van der Waals surface area contributed by atoms with Crippen LogP contribution in [0.25, 0.3) is 6.08 Å². The SMILES string of the molecule is CC(C)Oc1c(C=CC(=O)c2ccc(OCOC(=O)C(C)(C)C)cc2)cc(C(C)(C)C)c(OCOC(=O)C(C)(C)C)c1C(C)(C)C. The van der Waals surface area contributed by atoms with Crippen LogP contribution in [0.4, 0.5) is 0 Å². The number of carbonyl (C=O) groups excluding carboxylic acids is 3. The summed E-state index contributed by atoms with van der Waals surface area (Å²) in [5.74, 6) is 0.754. The molecule has 0 aliphatic rings. The lowest BCUT2D eigenvalue weighted by molar-refractivity contribution is -0.160. The van der Waals surface area contributed by atoms with Gasteiger partial charge in [-0.3, -0.25) is 14.4 Å². The molecule has 2 aromatic rings. The number of carbonyl (C=O) groups is 3. The lowest BCUT2D eigenvalue weighted by Crippen LogP contribution is -2.27. The molecule has 0 aliphatic heterocycles. The molecule has 2 aromatic carbocycles. The quantitative estimate of drug-likeness (QED) is 0.104. The van der Waals surface area contributed by atoms with E-state index in [0.717, 1.165) is 16.7 Å². The van der Waals surface area contributed by atoms with Crippen molar-refractivity contribution in [1.29, 1.82) is 0 Å². The Balaban J connectivity index is 2.49. The van der Waals surface area contributed by atoms with Crippen molar-refractivity contribution in [2.45, 2.75) is 114 Å². The fourth-order valence-corrected chi connectivity index (χ4v) is 4.25. The van der Waals surface area contributed by atoms with Gasteiger partial charge in [0.2, 0.25) is 13.6 Å². The molecule has 0 bridgehead atoms. The van der Waals surface area contributed by atoms with Gasteiger partial charge in [-0.05, 0) is 109 Å². The van der Waals surface area contributed by atoms with Gasteiger partial charge < -0.3 is 23.7 Å². The molecule has 0 N–H and O–H groups in total. The molecule has 8 nitrogen and oxygen atoms in total. The monoisotopic (exact) mass is 638 g/mol. The van der Waals surface area contributed by atoms with E-state index >= 15 is 0 Å². The average Bonchev–Trinajstić information content (AvgIpc) is 2.89. The van der Waals surface area contributed by atoms with E-state index in [1.54, 1.807) is 71.9 Å². The molecule has 0 spiro atoms. The molecular formula is C38H54O8. The third kappa shape index (κ3) is 10.9. The first-order valence-corrected chi connectivity index (χ1v) is 15.7. The number of ether oxygens (including phenoxy) is 5. The molecule has 0 atom stereocenters. The van der Waals surface area contributed by atoms with E-state index in [-0.39, 0.29) is 42.8 Å². The van der Waals surface area contributed by atoms with E-state index in [4.69, 9.17) is 23.7 Å². The minimum absolute atomic E-state index is 0.161. The lowest BCUT2D eigenvalue weighted by atomic mass is 9.77. The summed E-state index contributed by atoms with van der Waals surface area (Å²) in [5, 5.41) is 0. The highest BCUT2D eigenvalue weighted by molar-refractivity contribution is 6.07. The van der Waals surface area contributed by atoms with E-state index in [1.165, 1.54) is 6.08 Å². The standard InChI is InChI=1S/C38H54O8/c1-24(2)46-31-26(17-20-29(39)25-15-18-27(19-16-25)42-22-44-33(40)37(9,10)11)21-28(35(3,4)5)32(30(31)36(6,7)8)43-23-45-34(41)38(12,13)14/h15-21,24H,22-23H2,1-14H3. The molecule has 254 valence electrons. The Bertz CT molecular complexity index is 1400. The topological polar surface area (TPSA) is 97.4 Å². The third-order valence-electron chi connectivity index (χ3n) is 6.76. The maximum absolute atomic E-state index is 13.3. The van der Waals surface area contributed by atoms with Gasteiger partial charge in [0.15, 0.2) is 5.78 Å². The Kier molecular flexibility index (Phi) is 12.3. The molecule has 0 heterocycles. The van der Waals surface area contributed by atoms with Crippen molar-refractivity contribution in [2.24, 2.45) is 10.8 Å². The average molecular weight is 639 g/mol. The van der Waals surface area contributed by atoms with Crippen molar-refractivity contribution < 1.29 is 38.1 Å². The van der Waals surface area contributed by atoms with Crippen LogP contribution in [0.3, 0.4) is 0 Å². The maximum Gasteiger partial charge on any atom is 0.314 e. The van der Waals surface area contributed by atoms with Crippen molar-refractivity contribution >= 4 is 23.8 Å².